The highest BCUT2D eigenvalue weighted by atomic mass is 16.5. The van der Waals surface area contributed by atoms with E-state index < -0.39 is 0 Å². The summed E-state index contributed by atoms with van der Waals surface area (Å²) in [5, 5.41) is 3.40. The lowest BCUT2D eigenvalue weighted by molar-refractivity contribution is 0.0630. The van der Waals surface area contributed by atoms with Gasteiger partial charge in [-0.05, 0) is 37.1 Å². The van der Waals surface area contributed by atoms with Gasteiger partial charge in [-0.15, -0.1) is 0 Å². The van der Waals surface area contributed by atoms with E-state index in [1.807, 2.05) is 13.1 Å². The van der Waals surface area contributed by atoms with Crippen molar-refractivity contribution in [1.82, 2.24) is 5.32 Å². The molecule has 2 aliphatic heterocycles. The lowest BCUT2D eigenvalue weighted by atomic mass is 9.92. The molecule has 0 radical (unpaired) electrons. The summed E-state index contributed by atoms with van der Waals surface area (Å²) in [5.41, 5.74) is 1.20. The Bertz CT molecular complexity index is 491. The van der Waals surface area contributed by atoms with Gasteiger partial charge in [0.25, 0.3) is 0 Å². The molecule has 2 heterocycles. The molecule has 0 bridgehead atoms. The van der Waals surface area contributed by atoms with Crippen LogP contribution in [0.1, 0.15) is 31.9 Å². The van der Waals surface area contributed by atoms with E-state index in [4.69, 9.17) is 14.2 Å². The lowest BCUT2D eigenvalue weighted by Crippen LogP contribution is -2.32. The van der Waals surface area contributed by atoms with Crippen LogP contribution in [0, 0.1) is 11.8 Å². The topological polar surface area (TPSA) is 39.7 Å². The van der Waals surface area contributed by atoms with Gasteiger partial charge in [-0.3, -0.25) is 0 Å². The van der Waals surface area contributed by atoms with Crippen molar-refractivity contribution in [3.05, 3.63) is 23.8 Å². The van der Waals surface area contributed by atoms with Gasteiger partial charge in [0.05, 0.1) is 25.4 Å². The predicted octanol–water partition coefficient (Wildman–Crippen LogP) is 2.78. The van der Waals surface area contributed by atoms with Gasteiger partial charge >= 0.3 is 0 Å². The maximum atomic E-state index is 5.92. The summed E-state index contributed by atoms with van der Waals surface area (Å²) in [7, 11) is 1.99. The van der Waals surface area contributed by atoms with Gasteiger partial charge < -0.3 is 19.5 Å². The third-order valence-corrected chi connectivity index (χ3v) is 4.46. The zero-order valence-electron chi connectivity index (χ0n) is 13.1. The summed E-state index contributed by atoms with van der Waals surface area (Å²) in [6, 6.07) is 6.43. The second-order valence-electron chi connectivity index (χ2n) is 6.30. The Morgan fingerprint density at radius 1 is 1.14 bits per heavy atom. The van der Waals surface area contributed by atoms with Crippen LogP contribution >= 0.6 is 0 Å². The van der Waals surface area contributed by atoms with Gasteiger partial charge in [0.2, 0.25) is 0 Å². The molecule has 1 saturated heterocycles. The molecule has 0 amide bonds. The molecule has 3 rings (SSSR count). The molecular formula is C17H25NO3. The van der Waals surface area contributed by atoms with E-state index in [1.54, 1.807) is 0 Å². The molecule has 4 unspecified atom stereocenters. The predicted molar refractivity (Wildman–Crippen MR) is 81.9 cm³/mol. The molecule has 1 aromatic carbocycles. The largest absolute Gasteiger partial charge is 0.489 e. The van der Waals surface area contributed by atoms with Crippen molar-refractivity contribution >= 4 is 0 Å². The molecule has 0 spiro atoms. The number of benzene rings is 1. The van der Waals surface area contributed by atoms with Gasteiger partial charge in [0.15, 0.2) is 11.5 Å². The van der Waals surface area contributed by atoms with E-state index in [0.29, 0.717) is 25.0 Å². The van der Waals surface area contributed by atoms with Crippen molar-refractivity contribution in [3.8, 4) is 11.5 Å². The maximum absolute atomic E-state index is 5.92. The summed E-state index contributed by atoms with van der Waals surface area (Å²) < 4.78 is 17.6. The van der Waals surface area contributed by atoms with Crippen molar-refractivity contribution < 1.29 is 14.2 Å². The van der Waals surface area contributed by atoms with E-state index >= 15 is 0 Å². The lowest BCUT2D eigenvalue weighted by Gasteiger charge is -2.26. The van der Waals surface area contributed by atoms with Crippen LogP contribution in [0.4, 0.5) is 0 Å². The summed E-state index contributed by atoms with van der Waals surface area (Å²) in [6.45, 7) is 6.66. The highest BCUT2D eigenvalue weighted by Crippen LogP contribution is 2.36. The first kappa shape index (κ1) is 14.7. The molecule has 4 atom stereocenters. The van der Waals surface area contributed by atoms with Crippen LogP contribution in [0.2, 0.25) is 0 Å². The summed E-state index contributed by atoms with van der Waals surface area (Å²) in [6.07, 6.45) is 1.35. The maximum Gasteiger partial charge on any atom is 0.161 e. The molecule has 0 aliphatic carbocycles. The molecule has 4 heteroatoms. The Hall–Kier alpha value is -1.26. The highest BCUT2D eigenvalue weighted by Gasteiger charge is 2.32. The minimum atomic E-state index is 0.192. The molecule has 1 aromatic rings. The zero-order chi connectivity index (χ0) is 14.8. The molecule has 0 aromatic heterocycles. The first-order valence-corrected chi connectivity index (χ1v) is 7.87. The Morgan fingerprint density at radius 3 is 2.57 bits per heavy atom. The fourth-order valence-electron chi connectivity index (χ4n) is 3.13. The zero-order valence-corrected chi connectivity index (χ0v) is 13.1. The molecule has 1 N–H and O–H groups in total. The Labute approximate surface area is 126 Å². The Balaban J connectivity index is 1.85. The van der Waals surface area contributed by atoms with Gasteiger partial charge in [-0.25, -0.2) is 0 Å². The first-order chi connectivity index (χ1) is 10.2. The molecule has 116 valence electrons. The number of rotatable bonds is 3. The second-order valence-corrected chi connectivity index (χ2v) is 6.30. The smallest absolute Gasteiger partial charge is 0.161 e. The summed E-state index contributed by atoms with van der Waals surface area (Å²) in [4.78, 5) is 0. The third-order valence-electron chi connectivity index (χ3n) is 4.46. The first-order valence-electron chi connectivity index (χ1n) is 7.87. The van der Waals surface area contributed by atoms with E-state index in [2.05, 4.69) is 31.3 Å². The second kappa shape index (κ2) is 6.24. The molecule has 2 aliphatic rings. The SMILES string of the molecule is CNC(c1ccc2c(c1)OCC(C)CO2)C1OCCC1C. The van der Waals surface area contributed by atoms with E-state index in [-0.39, 0.29) is 12.1 Å². The van der Waals surface area contributed by atoms with E-state index in [0.717, 1.165) is 24.5 Å². The third kappa shape index (κ3) is 3.01. The molecule has 21 heavy (non-hydrogen) atoms. The van der Waals surface area contributed by atoms with Gasteiger partial charge in [-0.1, -0.05) is 19.9 Å². The number of fused-ring (bicyclic) bond motifs is 1. The van der Waals surface area contributed by atoms with E-state index in [1.165, 1.54) is 5.56 Å². The van der Waals surface area contributed by atoms with Crippen LogP contribution in [-0.2, 0) is 4.74 Å². The average Bonchev–Trinajstić information content (AvgIpc) is 2.81. The van der Waals surface area contributed by atoms with E-state index in [9.17, 15) is 0 Å². The van der Waals surface area contributed by atoms with Crippen LogP contribution < -0.4 is 14.8 Å². The fourth-order valence-corrected chi connectivity index (χ4v) is 3.13. The number of ether oxygens (including phenoxy) is 3. The fraction of sp³-hybridized carbons (Fsp3) is 0.647. The van der Waals surface area contributed by atoms with Crippen molar-refractivity contribution in [1.29, 1.82) is 0 Å². The summed E-state index contributed by atoms with van der Waals surface area (Å²) in [5.74, 6) is 2.68. The van der Waals surface area contributed by atoms with Gasteiger partial charge in [-0.2, -0.15) is 0 Å². The van der Waals surface area contributed by atoms with Crippen molar-refractivity contribution in [3.63, 3.8) is 0 Å². The van der Waals surface area contributed by atoms with Crippen LogP contribution in [0.5, 0.6) is 11.5 Å². The number of hydrogen-bond acceptors (Lipinski definition) is 4. The monoisotopic (exact) mass is 291 g/mol. The molecular weight excluding hydrogens is 266 g/mol. The Morgan fingerprint density at radius 2 is 1.90 bits per heavy atom. The van der Waals surface area contributed by atoms with Crippen LogP contribution in [0.25, 0.3) is 0 Å². The standard InChI is InChI=1S/C17H25NO3/c1-11-9-20-14-5-4-13(8-15(14)21-10-11)16(18-3)17-12(2)6-7-19-17/h4-5,8,11-12,16-18H,6-7,9-10H2,1-3H3. The van der Waals surface area contributed by atoms with Crippen LogP contribution in [0.3, 0.4) is 0 Å². The van der Waals surface area contributed by atoms with Crippen molar-refractivity contribution in [2.45, 2.75) is 32.4 Å². The normalized spacial score (nSPS) is 30.0. The minimum Gasteiger partial charge on any atom is -0.489 e. The Kier molecular flexibility index (Phi) is 4.36. The molecule has 4 nitrogen and oxygen atoms in total. The number of hydrogen-bond donors (Lipinski definition) is 1. The van der Waals surface area contributed by atoms with Crippen LogP contribution in [-0.4, -0.2) is 33.0 Å². The van der Waals surface area contributed by atoms with Crippen molar-refractivity contribution in [2.24, 2.45) is 11.8 Å². The minimum absolute atomic E-state index is 0.192. The summed E-state index contributed by atoms with van der Waals surface area (Å²) >= 11 is 0. The van der Waals surface area contributed by atoms with Crippen LogP contribution in [0.15, 0.2) is 18.2 Å². The van der Waals surface area contributed by atoms with Gasteiger partial charge in [0.1, 0.15) is 0 Å². The molecule has 0 saturated carbocycles. The number of nitrogens with one attached hydrogen (secondary N) is 1. The molecule has 1 fully saturated rings. The number of likely N-dealkylation sites (N-methyl/N-ethyl adjacent to an activating group) is 1. The van der Waals surface area contributed by atoms with Gasteiger partial charge in [0, 0.05) is 12.5 Å². The highest BCUT2D eigenvalue weighted by molar-refractivity contribution is 5.44. The quantitative estimate of drug-likeness (QED) is 0.929. The average molecular weight is 291 g/mol. The van der Waals surface area contributed by atoms with Crippen molar-refractivity contribution in [2.75, 3.05) is 26.9 Å².